The van der Waals surface area contributed by atoms with Gasteiger partial charge in [-0.2, -0.15) is 16.3 Å². The second-order valence-corrected chi connectivity index (χ2v) is 9.23. The average Bonchev–Trinajstić information content (AvgIpc) is 3.49. The van der Waals surface area contributed by atoms with Crippen LogP contribution in [-0.2, 0) is 11.2 Å². The van der Waals surface area contributed by atoms with Gasteiger partial charge in [0.15, 0.2) is 0 Å². The Labute approximate surface area is 193 Å². The molecule has 1 saturated heterocycles. The number of hydrogen-bond donors (Lipinski definition) is 1. The van der Waals surface area contributed by atoms with Crippen LogP contribution in [0.2, 0.25) is 0 Å². The highest BCUT2D eigenvalue weighted by atomic mass is 32.1. The molecule has 0 radical (unpaired) electrons. The molecule has 1 unspecified atom stereocenters. The Morgan fingerprint density at radius 3 is 2.84 bits per heavy atom. The predicted octanol–water partition coefficient (Wildman–Crippen LogP) is 3.76. The van der Waals surface area contributed by atoms with Crippen LogP contribution in [0.4, 0.5) is 5.69 Å². The van der Waals surface area contributed by atoms with Gasteiger partial charge in [0.2, 0.25) is 17.6 Å². The molecular weight excluding hydrogens is 422 g/mol. The van der Waals surface area contributed by atoms with Crippen molar-refractivity contribution in [2.75, 3.05) is 37.6 Å². The summed E-state index contributed by atoms with van der Waals surface area (Å²) in [6.07, 6.45) is 1.75. The molecule has 7 nitrogen and oxygen atoms in total. The van der Waals surface area contributed by atoms with E-state index in [0.29, 0.717) is 24.6 Å². The van der Waals surface area contributed by atoms with Crippen LogP contribution in [0.1, 0.15) is 31.2 Å². The van der Waals surface area contributed by atoms with E-state index in [2.05, 4.69) is 63.4 Å². The summed E-state index contributed by atoms with van der Waals surface area (Å²) >= 11 is 1.59. The Kier molecular flexibility index (Phi) is 7.55. The largest absolute Gasteiger partial charge is 0.369 e. The van der Waals surface area contributed by atoms with Gasteiger partial charge >= 0.3 is 0 Å². The van der Waals surface area contributed by atoms with Crippen molar-refractivity contribution in [3.05, 3.63) is 52.5 Å². The van der Waals surface area contributed by atoms with Crippen molar-refractivity contribution in [3.8, 4) is 11.4 Å². The van der Waals surface area contributed by atoms with Crippen LogP contribution in [0.3, 0.4) is 0 Å². The molecule has 0 spiro atoms. The fourth-order valence-electron chi connectivity index (χ4n) is 3.94. The first kappa shape index (κ1) is 22.5. The molecule has 1 aliphatic heterocycles. The molecule has 0 saturated carbocycles. The number of benzene rings is 1. The normalized spacial score (nSPS) is 15.6. The van der Waals surface area contributed by atoms with Gasteiger partial charge in [0.1, 0.15) is 0 Å². The molecule has 1 amide bonds. The van der Waals surface area contributed by atoms with Crippen LogP contribution >= 0.6 is 11.3 Å². The zero-order chi connectivity index (χ0) is 22.3. The van der Waals surface area contributed by atoms with E-state index in [4.69, 9.17) is 4.52 Å². The number of aromatic nitrogens is 2. The number of amides is 1. The van der Waals surface area contributed by atoms with Crippen LogP contribution in [-0.4, -0.2) is 59.7 Å². The Morgan fingerprint density at radius 1 is 1.25 bits per heavy atom. The Bertz CT molecular complexity index is 996. The molecule has 170 valence electrons. The van der Waals surface area contributed by atoms with Crippen molar-refractivity contribution >= 4 is 22.9 Å². The molecule has 1 aromatic carbocycles. The Hall–Kier alpha value is -2.71. The zero-order valence-electron chi connectivity index (χ0n) is 18.8. The first-order chi connectivity index (χ1) is 15.6. The molecule has 3 heterocycles. The zero-order valence-corrected chi connectivity index (χ0v) is 19.6. The quantitative estimate of drug-likeness (QED) is 0.532. The number of carbonyl (C=O) groups is 1. The van der Waals surface area contributed by atoms with Crippen molar-refractivity contribution in [2.45, 2.75) is 39.2 Å². The van der Waals surface area contributed by atoms with Gasteiger partial charge in [0, 0.05) is 68.2 Å². The van der Waals surface area contributed by atoms with Crippen LogP contribution in [0.15, 0.2) is 45.6 Å². The summed E-state index contributed by atoms with van der Waals surface area (Å²) in [4.78, 5) is 21.6. The van der Waals surface area contributed by atoms with Crippen molar-refractivity contribution in [1.82, 2.24) is 20.4 Å². The molecule has 0 aliphatic carbocycles. The van der Waals surface area contributed by atoms with Crippen molar-refractivity contribution in [2.24, 2.45) is 0 Å². The summed E-state index contributed by atoms with van der Waals surface area (Å²) in [5, 5.41) is 11.0. The summed E-state index contributed by atoms with van der Waals surface area (Å²) in [5.74, 6) is 1.11. The highest BCUT2D eigenvalue weighted by Crippen LogP contribution is 2.19. The third-order valence-corrected chi connectivity index (χ3v) is 6.52. The lowest BCUT2D eigenvalue weighted by molar-refractivity contribution is -0.121. The Balaban J connectivity index is 1.13. The topological polar surface area (TPSA) is 74.5 Å². The van der Waals surface area contributed by atoms with Gasteiger partial charge in [-0.1, -0.05) is 17.3 Å². The summed E-state index contributed by atoms with van der Waals surface area (Å²) in [7, 11) is 0. The summed E-state index contributed by atoms with van der Waals surface area (Å²) < 4.78 is 5.27. The first-order valence-corrected chi connectivity index (χ1v) is 12.2. The van der Waals surface area contributed by atoms with E-state index >= 15 is 0 Å². The second kappa shape index (κ2) is 10.7. The molecule has 1 aliphatic rings. The number of nitrogens with one attached hydrogen (secondary N) is 1. The van der Waals surface area contributed by atoms with Gasteiger partial charge in [-0.05, 0) is 49.4 Å². The van der Waals surface area contributed by atoms with Crippen molar-refractivity contribution in [1.29, 1.82) is 0 Å². The number of rotatable bonds is 9. The molecule has 1 fully saturated rings. The fourth-order valence-corrected chi connectivity index (χ4v) is 4.57. The third-order valence-electron chi connectivity index (χ3n) is 5.84. The van der Waals surface area contributed by atoms with E-state index in [1.165, 1.54) is 11.3 Å². The molecule has 4 rings (SSSR count). The van der Waals surface area contributed by atoms with E-state index in [9.17, 15) is 4.79 Å². The van der Waals surface area contributed by atoms with Gasteiger partial charge in [0.05, 0.1) is 0 Å². The maximum absolute atomic E-state index is 12.3. The molecule has 8 heteroatoms. The number of aryl methyl sites for hydroxylation is 2. The Morgan fingerprint density at radius 2 is 2.09 bits per heavy atom. The fraction of sp³-hybridized carbons (Fsp3) is 0.458. The van der Waals surface area contributed by atoms with Crippen LogP contribution in [0, 0.1) is 6.92 Å². The van der Waals surface area contributed by atoms with Crippen LogP contribution in [0.5, 0.6) is 0 Å². The third kappa shape index (κ3) is 6.17. The summed E-state index contributed by atoms with van der Waals surface area (Å²) in [6, 6.07) is 10.8. The van der Waals surface area contributed by atoms with Gasteiger partial charge < -0.3 is 14.7 Å². The lowest BCUT2D eigenvalue weighted by Gasteiger charge is -2.36. The van der Waals surface area contributed by atoms with Gasteiger partial charge in [-0.25, -0.2) is 0 Å². The van der Waals surface area contributed by atoms with Crippen molar-refractivity contribution in [3.63, 3.8) is 0 Å². The monoisotopic (exact) mass is 453 g/mol. The molecule has 3 aromatic rings. The molecule has 1 atom stereocenters. The first-order valence-electron chi connectivity index (χ1n) is 11.3. The predicted molar refractivity (Wildman–Crippen MR) is 128 cm³/mol. The van der Waals surface area contributed by atoms with Crippen LogP contribution < -0.4 is 10.2 Å². The highest BCUT2D eigenvalue weighted by molar-refractivity contribution is 7.08. The van der Waals surface area contributed by atoms with E-state index in [1.54, 1.807) is 11.3 Å². The molecule has 32 heavy (non-hydrogen) atoms. The molecule has 1 N–H and O–H groups in total. The smallest absolute Gasteiger partial charge is 0.227 e. The highest BCUT2D eigenvalue weighted by Gasteiger charge is 2.18. The lowest BCUT2D eigenvalue weighted by Crippen LogP contribution is -2.47. The number of carbonyl (C=O) groups excluding carboxylic acids is 1. The van der Waals surface area contributed by atoms with Gasteiger partial charge in [-0.3, -0.25) is 9.69 Å². The van der Waals surface area contributed by atoms with E-state index in [-0.39, 0.29) is 11.9 Å². The minimum Gasteiger partial charge on any atom is -0.369 e. The number of hydrogen-bond acceptors (Lipinski definition) is 7. The molecule has 2 aromatic heterocycles. The van der Waals surface area contributed by atoms with E-state index in [1.807, 2.05) is 16.8 Å². The van der Waals surface area contributed by atoms with E-state index < -0.39 is 0 Å². The number of thiophene rings is 1. The number of anilines is 1. The van der Waals surface area contributed by atoms with Crippen LogP contribution in [0.25, 0.3) is 11.4 Å². The van der Waals surface area contributed by atoms with Crippen molar-refractivity contribution < 1.29 is 9.32 Å². The second-order valence-electron chi connectivity index (χ2n) is 8.45. The maximum Gasteiger partial charge on any atom is 0.227 e. The van der Waals surface area contributed by atoms with E-state index in [0.717, 1.165) is 44.7 Å². The number of nitrogens with zero attached hydrogens (tertiary/aromatic N) is 4. The summed E-state index contributed by atoms with van der Waals surface area (Å²) in [6.45, 7) is 9.40. The lowest BCUT2D eigenvalue weighted by atomic mass is 10.1. The number of piperazine rings is 1. The average molecular weight is 454 g/mol. The molecule has 0 bridgehead atoms. The molecular formula is C24H31N5O2S. The van der Waals surface area contributed by atoms with Gasteiger partial charge in [-0.15, -0.1) is 0 Å². The standard InChI is InChI=1S/C24H31N5O2S/c1-18-4-3-5-21(16-18)29-13-11-28(12-14-29)10-8-19(2)25-22(30)6-7-23-26-24(27-31-23)20-9-15-32-17-20/h3-5,9,15-17,19H,6-8,10-14H2,1-2H3,(H,25,30). The minimum absolute atomic E-state index is 0.0250. The maximum atomic E-state index is 12.3. The van der Waals surface area contributed by atoms with Gasteiger partial charge in [0.25, 0.3) is 0 Å². The summed E-state index contributed by atoms with van der Waals surface area (Å²) in [5.41, 5.74) is 3.56. The SMILES string of the molecule is Cc1cccc(N2CCN(CCC(C)NC(=O)CCc3nc(-c4ccsc4)no3)CC2)c1. The minimum atomic E-state index is 0.0250.